The number of nitrogens with zero attached hydrogens (tertiary/aromatic N) is 1. The van der Waals surface area contributed by atoms with Crippen LogP contribution in [0.4, 0.5) is 4.39 Å². The van der Waals surface area contributed by atoms with E-state index < -0.39 is 17.8 Å². The molecule has 1 aliphatic heterocycles. The number of hydrogen-bond acceptors (Lipinski definition) is 3. The number of likely N-dealkylation sites (tertiary alicyclic amines) is 1. The van der Waals surface area contributed by atoms with Crippen molar-refractivity contribution in [2.24, 2.45) is 5.73 Å². The number of ether oxygens (including phenoxy) is 1. The van der Waals surface area contributed by atoms with E-state index in [-0.39, 0.29) is 25.0 Å². The van der Waals surface area contributed by atoms with E-state index in [0.29, 0.717) is 17.7 Å². The normalized spacial score (nSPS) is 19.6. The van der Waals surface area contributed by atoms with Gasteiger partial charge in [-0.25, -0.2) is 4.39 Å². The highest BCUT2D eigenvalue weighted by Gasteiger charge is 2.39. The molecule has 2 aromatic rings. The Bertz CT molecular complexity index is 766. The number of halogens is 1. The lowest BCUT2D eigenvalue weighted by molar-refractivity contribution is -0.136. The molecule has 1 saturated heterocycles. The lowest BCUT2D eigenvalue weighted by Gasteiger charge is -2.22. The summed E-state index contributed by atoms with van der Waals surface area (Å²) in [6, 6.07) is 14.4. The summed E-state index contributed by atoms with van der Waals surface area (Å²) < 4.78 is 19.1. The second kappa shape index (κ2) is 7.34. The predicted molar refractivity (Wildman–Crippen MR) is 90.3 cm³/mol. The van der Waals surface area contributed by atoms with Gasteiger partial charge in [0.05, 0.1) is 13.0 Å². The SMILES string of the molecule is NC(=O)[C@@H]1C[C@H](Oc2ccccc2)CN1C(=O)Cc1cccc(F)c1. The van der Waals surface area contributed by atoms with E-state index in [1.54, 1.807) is 12.1 Å². The van der Waals surface area contributed by atoms with Gasteiger partial charge in [0.2, 0.25) is 11.8 Å². The molecule has 25 heavy (non-hydrogen) atoms. The first-order valence-electron chi connectivity index (χ1n) is 8.08. The molecule has 1 heterocycles. The molecule has 0 saturated carbocycles. The highest BCUT2D eigenvalue weighted by Crippen LogP contribution is 2.24. The monoisotopic (exact) mass is 342 g/mol. The van der Waals surface area contributed by atoms with Crippen LogP contribution in [0.2, 0.25) is 0 Å². The third kappa shape index (κ3) is 4.15. The maximum Gasteiger partial charge on any atom is 0.240 e. The Labute approximate surface area is 145 Å². The number of hydrogen-bond donors (Lipinski definition) is 1. The average molecular weight is 342 g/mol. The van der Waals surface area contributed by atoms with Crippen molar-refractivity contribution in [1.29, 1.82) is 0 Å². The van der Waals surface area contributed by atoms with Gasteiger partial charge in [0.15, 0.2) is 0 Å². The molecule has 1 aliphatic rings. The van der Waals surface area contributed by atoms with Gasteiger partial charge in [0, 0.05) is 6.42 Å². The quantitative estimate of drug-likeness (QED) is 0.902. The van der Waals surface area contributed by atoms with E-state index >= 15 is 0 Å². The molecule has 0 spiro atoms. The number of carbonyl (C=O) groups excluding carboxylic acids is 2. The van der Waals surface area contributed by atoms with Crippen molar-refractivity contribution >= 4 is 11.8 Å². The fraction of sp³-hybridized carbons (Fsp3) is 0.263. The lowest BCUT2D eigenvalue weighted by atomic mass is 10.1. The summed E-state index contributed by atoms with van der Waals surface area (Å²) in [6.45, 7) is 0.274. The van der Waals surface area contributed by atoms with Gasteiger partial charge in [-0.3, -0.25) is 9.59 Å². The van der Waals surface area contributed by atoms with E-state index in [0.717, 1.165) is 0 Å². The van der Waals surface area contributed by atoms with Crippen LogP contribution in [0.25, 0.3) is 0 Å². The molecular formula is C19H19FN2O3. The highest BCUT2D eigenvalue weighted by molar-refractivity contribution is 5.88. The van der Waals surface area contributed by atoms with Crippen LogP contribution < -0.4 is 10.5 Å². The zero-order valence-electron chi connectivity index (χ0n) is 13.6. The van der Waals surface area contributed by atoms with Crippen LogP contribution in [-0.4, -0.2) is 35.4 Å². The molecule has 2 atom stereocenters. The van der Waals surface area contributed by atoms with Crippen LogP contribution in [0, 0.1) is 5.82 Å². The summed E-state index contributed by atoms with van der Waals surface area (Å²) in [6.07, 6.45) is 0.0509. The fourth-order valence-corrected chi connectivity index (χ4v) is 3.04. The molecule has 2 amide bonds. The van der Waals surface area contributed by atoms with Crippen LogP contribution in [-0.2, 0) is 16.0 Å². The van der Waals surface area contributed by atoms with Gasteiger partial charge >= 0.3 is 0 Å². The minimum absolute atomic E-state index is 0.0135. The van der Waals surface area contributed by atoms with Gasteiger partial charge in [-0.2, -0.15) is 0 Å². The summed E-state index contributed by atoms with van der Waals surface area (Å²) in [4.78, 5) is 25.7. The average Bonchev–Trinajstić information content (AvgIpc) is 3.00. The topological polar surface area (TPSA) is 72.6 Å². The van der Waals surface area contributed by atoms with Crippen LogP contribution in [0.5, 0.6) is 5.75 Å². The number of carbonyl (C=O) groups is 2. The summed E-state index contributed by atoms with van der Waals surface area (Å²) in [7, 11) is 0. The summed E-state index contributed by atoms with van der Waals surface area (Å²) in [5.41, 5.74) is 6.01. The van der Waals surface area contributed by atoms with Gasteiger partial charge < -0.3 is 15.4 Å². The summed E-state index contributed by atoms with van der Waals surface area (Å²) >= 11 is 0. The van der Waals surface area contributed by atoms with E-state index in [9.17, 15) is 14.0 Å². The Balaban J connectivity index is 1.70. The molecule has 0 aliphatic carbocycles. The van der Waals surface area contributed by atoms with Crippen molar-refractivity contribution in [2.45, 2.75) is 25.0 Å². The predicted octanol–water partition coefficient (Wildman–Crippen LogP) is 1.90. The third-order valence-electron chi connectivity index (χ3n) is 4.20. The van der Waals surface area contributed by atoms with Gasteiger partial charge in [-0.1, -0.05) is 30.3 Å². The molecule has 2 aromatic carbocycles. The Kier molecular flexibility index (Phi) is 4.97. The molecule has 2 N–H and O–H groups in total. The lowest BCUT2D eigenvalue weighted by Crippen LogP contribution is -2.44. The van der Waals surface area contributed by atoms with E-state index in [4.69, 9.17) is 10.5 Å². The number of primary amides is 1. The van der Waals surface area contributed by atoms with Crippen LogP contribution in [0.1, 0.15) is 12.0 Å². The maximum atomic E-state index is 13.3. The Morgan fingerprint density at radius 3 is 2.60 bits per heavy atom. The van der Waals surface area contributed by atoms with Crippen molar-refractivity contribution in [3.63, 3.8) is 0 Å². The number of amides is 2. The Hall–Kier alpha value is -2.89. The molecule has 0 aromatic heterocycles. The largest absolute Gasteiger partial charge is 0.488 e. The summed E-state index contributed by atoms with van der Waals surface area (Å²) in [5, 5.41) is 0. The maximum absolute atomic E-state index is 13.3. The third-order valence-corrected chi connectivity index (χ3v) is 4.20. The van der Waals surface area contributed by atoms with E-state index in [1.165, 1.54) is 17.0 Å². The highest BCUT2D eigenvalue weighted by atomic mass is 19.1. The molecule has 130 valence electrons. The van der Waals surface area contributed by atoms with Gasteiger partial charge in [-0.15, -0.1) is 0 Å². The first-order chi connectivity index (χ1) is 12.0. The van der Waals surface area contributed by atoms with Gasteiger partial charge in [-0.05, 0) is 29.8 Å². The van der Waals surface area contributed by atoms with Crippen molar-refractivity contribution in [1.82, 2.24) is 4.90 Å². The zero-order chi connectivity index (χ0) is 17.8. The first-order valence-corrected chi connectivity index (χ1v) is 8.08. The number of para-hydroxylation sites is 1. The molecule has 0 bridgehead atoms. The Morgan fingerprint density at radius 2 is 1.92 bits per heavy atom. The molecule has 1 fully saturated rings. The summed E-state index contributed by atoms with van der Waals surface area (Å²) in [5.74, 6) is -0.557. The number of benzene rings is 2. The van der Waals surface area contributed by atoms with Crippen molar-refractivity contribution in [3.05, 3.63) is 66.0 Å². The second-order valence-corrected chi connectivity index (χ2v) is 6.06. The standard InChI is InChI=1S/C19H19FN2O3/c20-14-6-4-5-13(9-14)10-18(23)22-12-16(11-17(22)19(21)24)25-15-7-2-1-3-8-15/h1-9,16-17H,10-12H2,(H2,21,24)/t16-,17-/m0/s1. The smallest absolute Gasteiger partial charge is 0.240 e. The molecular weight excluding hydrogens is 323 g/mol. The van der Waals surface area contributed by atoms with E-state index in [1.807, 2.05) is 30.3 Å². The minimum Gasteiger partial charge on any atom is -0.488 e. The van der Waals surface area contributed by atoms with Crippen LogP contribution in [0.3, 0.4) is 0 Å². The van der Waals surface area contributed by atoms with E-state index in [2.05, 4.69) is 0 Å². The first kappa shape index (κ1) is 17.0. The van der Waals surface area contributed by atoms with Gasteiger partial charge in [0.1, 0.15) is 23.7 Å². The number of nitrogens with two attached hydrogens (primary N) is 1. The molecule has 0 radical (unpaired) electrons. The van der Waals surface area contributed by atoms with Crippen molar-refractivity contribution in [3.8, 4) is 5.75 Å². The zero-order valence-corrected chi connectivity index (χ0v) is 13.6. The van der Waals surface area contributed by atoms with Crippen molar-refractivity contribution < 1.29 is 18.7 Å². The van der Waals surface area contributed by atoms with Crippen LogP contribution in [0.15, 0.2) is 54.6 Å². The number of rotatable bonds is 5. The van der Waals surface area contributed by atoms with Gasteiger partial charge in [0.25, 0.3) is 0 Å². The Morgan fingerprint density at radius 1 is 1.16 bits per heavy atom. The van der Waals surface area contributed by atoms with Crippen molar-refractivity contribution in [2.75, 3.05) is 6.54 Å². The fourth-order valence-electron chi connectivity index (χ4n) is 3.04. The molecule has 3 rings (SSSR count). The van der Waals surface area contributed by atoms with Crippen LogP contribution >= 0.6 is 0 Å². The molecule has 6 heteroatoms. The molecule has 5 nitrogen and oxygen atoms in total. The minimum atomic E-state index is -0.713. The molecule has 0 unspecified atom stereocenters. The second-order valence-electron chi connectivity index (χ2n) is 6.06.